The summed E-state index contributed by atoms with van der Waals surface area (Å²) in [6.45, 7) is 3.91. The van der Waals surface area contributed by atoms with Gasteiger partial charge in [-0.1, -0.05) is 43.9 Å². The number of para-hydroxylation sites is 1. The SMILES string of the molecule is C[C@H]1CN(C(=O)[C@@H]([NH3+])Cc2c[nH]c3ccccc23)CCN1C(=O)CCC1CCCC1. The standard InChI is InChI=1S/C24H34N4O2/c1-17-16-27(12-13-28(17)23(29)11-10-18-6-2-3-7-18)24(30)21(25)14-19-15-26-22-9-5-4-8-20(19)22/h4-5,8-9,15,17-18,21,26H,2-3,6-7,10-14,16,25H2,1H3/p+1/t17-,21-/m0/s1. The van der Waals surface area contributed by atoms with E-state index in [0.29, 0.717) is 32.5 Å². The van der Waals surface area contributed by atoms with Crippen molar-refractivity contribution in [3.05, 3.63) is 36.0 Å². The molecule has 2 amide bonds. The second kappa shape index (κ2) is 9.21. The van der Waals surface area contributed by atoms with Crippen molar-refractivity contribution in [2.75, 3.05) is 19.6 Å². The molecule has 1 saturated heterocycles. The lowest BCUT2D eigenvalue weighted by Crippen LogP contribution is -2.70. The number of piperazine rings is 1. The third-order valence-electron chi connectivity index (χ3n) is 6.99. The number of nitrogens with zero attached hydrogens (tertiary/aromatic N) is 2. The van der Waals surface area contributed by atoms with Gasteiger partial charge in [0, 0.05) is 55.6 Å². The van der Waals surface area contributed by atoms with Crippen molar-refractivity contribution in [1.29, 1.82) is 0 Å². The zero-order valence-corrected chi connectivity index (χ0v) is 18.1. The van der Waals surface area contributed by atoms with Crippen LogP contribution < -0.4 is 5.73 Å². The average molecular weight is 412 g/mol. The summed E-state index contributed by atoms with van der Waals surface area (Å²) in [6, 6.07) is 7.90. The molecule has 162 valence electrons. The van der Waals surface area contributed by atoms with Crippen molar-refractivity contribution >= 4 is 22.7 Å². The molecule has 1 aromatic heterocycles. The number of aromatic nitrogens is 1. The van der Waals surface area contributed by atoms with Gasteiger partial charge in [-0.05, 0) is 30.9 Å². The van der Waals surface area contributed by atoms with E-state index in [9.17, 15) is 9.59 Å². The van der Waals surface area contributed by atoms with Crippen LogP contribution in [0.4, 0.5) is 0 Å². The number of hydrogen-bond acceptors (Lipinski definition) is 2. The third-order valence-corrected chi connectivity index (χ3v) is 6.99. The van der Waals surface area contributed by atoms with Crippen molar-refractivity contribution in [2.45, 2.75) is 64.0 Å². The van der Waals surface area contributed by atoms with Gasteiger partial charge in [0.2, 0.25) is 5.91 Å². The van der Waals surface area contributed by atoms with Crippen LogP contribution in [-0.4, -0.2) is 58.3 Å². The molecule has 2 aliphatic rings. The van der Waals surface area contributed by atoms with Crippen LogP contribution in [0.5, 0.6) is 0 Å². The van der Waals surface area contributed by atoms with Gasteiger partial charge in [0.25, 0.3) is 5.91 Å². The molecule has 1 saturated carbocycles. The van der Waals surface area contributed by atoms with Crippen LogP contribution in [0, 0.1) is 5.92 Å². The van der Waals surface area contributed by atoms with Crippen LogP contribution >= 0.6 is 0 Å². The molecule has 0 unspecified atom stereocenters. The predicted octanol–water partition coefficient (Wildman–Crippen LogP) is 2.35. The van der Waals surface area contributed by atoms with Crippen LogP contribution in [-0.2, 0) is 16.0 Å². The van der Waals surface area contributed by atoms with E-state index in [2.05, 4.69) is 23.7 Å². The second-order valence-electron chi connectivity index (χ2n) is 9.17. The third kappa shape index (κ3) is 4.53. The smallest absolute Gasteiger partial charge is 0.281 e. The molecular weight excluding hydrogens is 376 g/mol. The van der Waals surface area contributed by atoms with E-state index in [-0.39, 0.29) is 23.9 Å². The van der Waals surface area contributed by atoms with Crippen molar-refractivity contribution in [1.82, 2.24) is 14.8 Å². The molecule has 4 N–H and O–H groups in total. The first-order valence-corrected chi connectivity index (χ1v) is 11.5. The number of amides is 2. The minimum absolute atomic E-state index is 0.0686. The Kier molecular flexibility index (Phi) is 6.42. The lowest BCUT2D eigenvalue weighted by atomic mass is 10.0. The topological polar surface area (TPSA) is 84.1 Å². The maximum atomic E-state index is 13.0. The summed E-state index contributed by atoms with van der Waals surface area (Å²) >= 11 is 0. The van der Waals surface area contributed by atoms with E-state index in [4.69, 9.17) is 0 Å². The van der Waals surface area contributed by atoms with Crippen LogP contribution in [0.1, 0.15) is 51.0 Å². The fraction of sp³-hybridized carbons (Fsp3) is 0.583. The highest BCUT2D eigenvalue weighted by Gasteiger charge is 2.33. The number of nitrogens with one attached hydrogen (secondary N) is 1. The minimum Gasteiger partial charge on any atom is -0.361 e. The quantitative estimate of drug-likeness (QED) is 0.765. The van der Waals surface area contributed by atoms with Gasteiger partial charge in [-0.3, -0.25) is 9.59 Å². The zero-order chi connectivity index (χ0) is 21.1. The van der Waals surface area contributed by atoms with Gasteiger partial charge in [-0.2, -0.15) is 0 Å². The van der Waals surface area contributed by atoms with Crippen molar-refractivity contribution in [2.24, 2.45) is 5.92 Å². The number of hydrogen-bond donors (Lipinski definition) is 2. The summed E-state index contributed by atoms with van der Waals surface area (Å²) in [6.07, 6.45) is 9.50. The molecule has 30 heavy (non-hydrogen) atoms. The maximum absolute atomic E-state index is 13.0. The summed E-state index contributed by atoms with van der Waals surface area (Å²) < 4.78 is 0. The largest absolute Gasteiger partial charge is 0.361 e. The van der Waals surface area contributed by atoms with Gasteiger partial charge in [0.15, 0.2) is 6.04 Å². The van der Waals surface area contributed by atoms with Crippen LogP contribution in [0.25, 0.3) is 10.9 Å². The van der Waals surface area contributed by atoms with Crippen molar-refractivity contribution in [3.63, 3.8) is 0 Å². The molecule has 1 aliphatic carbocycles. The Bertz CT molecular complexity index is 886. The maximum Gasteiger partial charge on any atom is 0.281 e. The molecule has 4 rings (SSSR count). The Labute approximate surface area is 178 Å². The molecule has 0 spiro atoms. The molecule has 1 aliphatic heterocycles. The van der Waals surface area contributed by atoms with Gasteiger partial charge >= 0.3 is 0 Å². The number of aromatic amines is 1. The predicted molar refractivity (Wildman–Crippen MR) is 118 cm³/mol. The van der Waals surface area contributed by atoms with Gasteiger partial charge in [-0.15, -0.1) is 0 Å². The number of rotatable bonds is 6. The van der Waals surface area contributed by atoms with E-state index in [1.54, 1.807) is 0 Å². The highest BCUT2D eigenvalue weighted by atomic mass is 16.2. The van der Waals surface area contributed by atoms with Crippen molar-refractivity contribution in [3.8, 4) is 0 Å². The number of carbonyl (C=O) groups excluding carboxylic acids is 2. The summed E-state index contributed by atoms with van der Waals surface area (Å²) in [5.74, 6) is 1.08. The molecule has 6 nitrogen and oxygen atoms in total. The highest BCUT2D eigenvalue weighted by Crippen LogP contribution is 2.29. The lowest BCUT2D eigenvalue weighted by molar-refractivity contribution is -0.405. The Hall–Kier alpha value is -2.34. The number of carbonyl (C=O) groups is 2. The van der Waals surface area contributed by atoms with Crippen LogP contribution in [0.15, 0.2) is 30.5 Å². The normalized spacial score (nSPS) is 21.3. The van der Waals surface area contributed by atoms with E-state index < -0.39 is 0 Å². The highest BCUT2D eigenvalue weighted by molar-refractivity contribution is 5.85. The van der Waals surface area contributed by atoms with Gasteiger partial charge < -0.3 is 20.5 Å². The first kappa shape index (κ1) is 20.9. The molecule has 2 aromatic rings. The molecule has 1 aromatic carbocycles. The molecule has 0 radical (unpaired) electrons. The fourth-order valence-electron chi connectivity index (χ4n) is 5.21. The van der Waals surface area contributed by atoms with Crippen LogP contribution in [0.2, 0.25) is 0 Å². The summed E-state index contributed by atoms with van der Waals surface area (Å²) in [5, 5.41) is 1.16. The Morgan fingerprint density at radius 3 is 2.73 bits per heavy atom. The first-order chi connectivity index (χ1) is 14.5. The molecule has 2 heterocycles. The van der Waals surface area contributed by atoms with Crippen LogP contribution in [0.3, 0.4) is 0 Å². The second-order valence-corrected chi connectivity index (χ2v) is 9.17. The Morgan fingerprint density at radius 1 is 1.20 bits per heavy atom. The molecular formula is C24H35N4O2+. The van der Waals surface area contributed by atoms with Gasteiger partial charge in [0.05, 0.1) is 0 Å². The van der Waals surface area contributed by atoms with E-state index in [1.165, 1.54) is 25.7 Å². The number of H-pyrrole nitrogens is 1. The van der Waals surface area contributed by atoms with Gasteiger partial charge in [0.1, 0.15) is 0 Å². The fourth-order valence-corrected chi connectivity index (χ4v) is 5.21. The monoisotopic (exact) mass is 411 g/mol. The Morgan fingerprint density at radius 2 is 1.97 bits per heavy atom. The molecule has 6 heteroatoms. The van der Waals surface area contributed by atoms with Gasteiger partial charge in [-0.25, -0.2) is 0 Å². The van der Waals surface area contributed by atoms with E-state index in [0.717, 1.165) is 28.8 Å². The summed E-state index contributed by atoms with van der Waals surface area (Å²) in [4.78, 5) is 32.9. The Balaban J connectivity index is 1.29. The summed E-state index contributed by atoms with van der Waals surface area (Å²) in [5.41, 5.74) is 6.38. The number of benzene rings is 1. The number of fused-ring (bicyclic) bond motifs is 1. The molecule has 0 bridgehead atoms. The van der Waals surface area contributed by atoms with Crippen molar-refractivity contribution < 1.29 is 15.3 Å². The first-order valence-electron chi connectivity index (χ1n) is 11.5. The van der Waals surface area contributed by atoms with E-state index >= 15 is 0 Å². The summed E-state index contributed by atoms with van der Waals surface area (Å²) in [7, 11) is 0. The minimum atomic E-state index is -0.318. The molecule has 2 fully saturated rings. The molecule has 2 atom stereocenters. The van der Waals surface area contributed by atoms with E-state index in [1.807, 2.05) is 34.2 Å². The average Bonchev–Trinajstić information content (AvgIpc) is 3.41. The zero-order valence-electron chi connectivity index (χ0n) is 18.1. The number of quaternary nitrogens is 1. The lowest BCUT2D eigenvalue weighted by Gasteiger charge is -2.40.